The number of hydrogen-bond acceptors (Lipinski definition) is 1. The molecule has 1 aromatic rings. The van der Waals surface area contributed by atoms with E-state index in [1.807, 2.05) is 0 Å². The highest BCUT2D eigenvalue weighted by Crippen LogP contribution is 2.42. The molecule has 1 spiro atoms. The molecular weight excluding hydrogens is 182 g/mol. The predicted molar refractivity (Wildman–Crippen MR) is 62.9 cm³/mol. The molecule has 0 amide bonds. The molecule has 1 aromatic carbocycles. The van der Waals surface area contributed by atoms with Gasteiger partial charge in [0.25, 0.3) is 0 Å². The molecule has 0 bridgehead atoms. The Morgan fingerprint density at radius 2 is 1.80 bits per heavy atom. The summed E-state index contributed by atoms with van der Waals surface area (Å²) < 4.78 is 0. The van der Waals surface area contributed by atoms with Crippen molar-refractivity contribution in [3.8, 4) is 0 Å². The lowest BCUT2D eigenvalue weighted by Gasteiger charge is -2.42. The molecule has 0 unspecified atom stereocenters. The molecule has 15 heavy (non-hydrogen) atoms. The number of hydrogen-bond donors (Lipinski definition) is 1. The summed E-state index contributed by atoms with van der Waals surface area (Å²) in [4.78, 5) is 0. The van der Waals surface area contributed by atoms with Crippen LogP contribution in [0.2, 0.25) is 0 Å². The maximum atomic E-state index is 3.60. The lowest BCUT2D eigenvalue weighted by Crippen LogP contribution is -2.44. The number of benzene rings is 1. The van der Waals surface area contributed by atoms with Crippen molar-refractivity contribution in [1.29, 1.82) is 0 Å². The Morgan fingerprint density at radius 1 is 1.00 bits per heavy atom. The van der Waals surface area contributed by atoms with Gasteiger partial charge in [-0.25, -0.2) is 0 Å². The highest BCUT2D eigenvalue weighted by molar-refractivity contribution is 5.37. The summed E-state index contributed by atoms with van der Waals surface area (Å²) in [5, 5.41) is 3.60. The van der Waals surface area contributed by atoms with Crippen LogP contribution in [0.5, 0.6) is 0 Å². The minimum Gasteiger partial charge on any atom is -0.312 e. The van der Waals surface area contributed by atoms with E-state index in [-0.39, 0.29) is 0 Å². The molecule has 1 saturated carbocycles. The Morgan fingerprint density at radius 3 is 2.67 bits per heavy atom. The first-order valence-electron chi connectivity index (χ1n) is 6.20. The molecule has 0 atom stereocenters. The lowest BCUT2D eigenvalue weighted by molar-refractivity contribution is 0.264. The van der Waals surface area contributed by atoms with Gasteiger partial charge in [-0.05, 0) is 24.0 Å². The second-order valence-electron chi connectivity index (χ2n) is 5.10. The van der Waals surface area contributed by atoms with Crippen molar-refractivity contribution < 1.29 is 0 Å². The Labute approximate surface area is 91.9 Å². The third kappa shape index (κ3) is 1.50. The highest BCUT2D eigenvalue weighted by atomic mass is 14.9. The van der Waals surface area contributed by atoms with Gasteiger partial charge in [0, 0.05) is 18.5 Å². The first-order chi connectivity index (χ1) is 7.41. The van der Waals surface area contributed by atoms with E-state index in [0.29, 0.717) is 5.41 Å². The monoisotopic (exact) mass is 201 g/mol. The van der Waals surface area contributed by atoms with Crippen molar-refractivity contribution in [3.63, 3.8) is 0 Å². The maximum Gasteiger partial charge on any atom is 0.0208 e. The molecule has 1 aliphatic carbocycles. The zero-order valence-corrected chi connectivity index (χ0v) is 9.26. The maximum absolute atomic E-state index is 3.60. The van der Waals surface area contributed by atoms with Crippen molar-refractivity contribution in [2.24, 2.45) is 0 Å². The third-order valence-corrected chi connectivity index (χ3v) is 4.18. The molecule has 1 heterocycles. The Balaban J connectivity index is 2.04. The van der Waals surface area contributed by atoms with Gasteiger partial charge >= 0.3 is 0 Å². The van der Waals surface area contributed by atoms with Crippen LogP contribution in [0, 0.1) is 0 Å². The Bertz CT molecular complexity index is 350. The zero-order valence-electron chi connectivity index (χ0n) is 9.26. The Hall–Kier alpha value is -0.820. The summed E-state index contributed by atoms with van der Waals surface area (Å²) >= 11 is 0. The first kappa shape index (κ1) is 9.41. The van der Waals surface area contributed by atoms with Crippen molar-refractivity contribution >= 4 is 0 Å². The number of nitrogens with one attached hydrogen (secondary N) is 1. The molecule has 0 radical (unpaired) electrons. The van der Waals surface area contributed by atoms with Crippen LogP contribution in [0.15, 0.2) is 24.3 Å². The number of rotatable bonds is 0. The molecule has 2 aliphatic rings. The van der Waals surface area contributed by atoms with Crippen LogP contribution < -0.4 is 5.32 Å². The van der Waals surface area contributed by atoms with Crippen LogP contribution in [0.4, 0.5) is 0 Å². The SMILES string of the molecule is c1ccc2c(c1)CNCC21CCCCC1. The summed E-state index contributed by atoms with van der Waals surface area (Å²) in [6, 6.07) is 9.03. The molecular formula is C14H19N. The topological polar surface area (TPSA) is 12.0 Å². The van der Waals surface area contributed by atoms with Gasteiger partial charge in [-0.15, -0.1) is 0 Å². The quantitative estimate of drug-likeness (QED) is 0.680. The van der Waals surface area contributed by atoms with Crippen LogP contribution in [-0.4, -0.2) is 6.54 Å². The second kappa shape index (κ2) is 3.64. The molecule has 3 rings (SSSR count). The molecule has 1 fully saturated rings. The van der Waals surface area contributed by atoms with Crippen molar-refractivity contribution in [3.05, 3.63) is 35.4 Å². The Kier molecular flexibility index (Phi) is 2.28. The second-order valence-corrected chi connectivity index (χ2v) is 5.10. The molecule has 80 valence electrons. The van der Waals surface area contributed by atoms with E-state index in [2.05, 4.69) is 29.6 Å². The minimum atomic E-state index is 0.479. The van der Waals surface area contributed by atoms with E-state index in [9.17, 15) is 0 Å². The van der Waals surface area contributed by atoms with Gasteiger partial charge < -0.3 is 5.32 Å². The molecule has 1 heteroatoms. The average Bonchev–Trinajstić information content (AvgIpc) is 2.31. The van der Waals surface area contributed by atoms with E-state index >= 15 is 0 Å². The van der Waals surface area contributed by atoms with E-state index < -0.39 is 0 Å². The summed E-state index contributed by atoms with van der Waals surface area (Å²) in [6.45, 7) is 2.27. The van der Waals surface area contributed by atoms with Gasteiger partial charge in [-0.1, -0.05) is 43.5 Å². The summed E-state index contributed by atoms with van der Waals surface area (Å²) in [5.41, 5.74) is 3.65. The molecule has 0 aromatic heterocycles. The largest absolute Gasteiger partial charge is 0.312 e. The van der Waals surface area contributed by atoms with Gasteiger partial charge in [-0.2, -0.15) is 0 Å². The molecule has 1 nitrogen and oxygen atoms in total. The summed E-state index contributed by atoms with van der Waals surface area (Å²) in [5.74, 6) is 0. The summed E-state index contributed by atoms with van der Waals surface area (Å²) in [7, 11) is 0. The fraction of sp³-hybridized carbons (Fsp3) is 0.571. The fourth-order valence-electron chi connectivity index (χ4n) is 3.40. The van der Waals surface area contributed by atoms with E-state index in [1.165, 1.54) is 44.2 Å². The van der Waals surface area contributed by atoms with E-state index in [0.717, 1.165) is 6.54 Å². The smallest absolute Gasteiger partial charge is 0.0208 e. The average molecular weight is 201 g/mol. The van der Waals surface area contributed by atoms with Crippen LogP contribution in [0.1, 0.15) is 43.2 Å². The van der Waals surface area contributed by atoms with Crippen LogP contribution in [0.3, 0.4) is 0 Å². The van der Waals surface area contributed by atoms with Crippen LogP contribution in [-0.2, 0) is 12.0 Å². The third-order valence-electron chi connectivity index (χ3n) is 4.18. The molecule has 1 aliphatic heterocycles. The fourth-order valence-corrected chi connectivity index (χ4v) is 3.40. The predicted octanol–water partition coefficient (Wildman–Crippen LogP) is 2.99. The first-order valence-corrected chi connectivity index (χ1v) is 6.20. The highest BCUT2D eigenvalue weighted by Gasteiger charge is 2.36. The molecule has 0 saturated heterocycles. The van der Waals surface area contributed by atoms with Gasteiger partial charge in [-0.3, -0.25) is 0 Å². The van der Waals surface area contributed by atoms with Gasteiger partial charge in [0.2, 0.25) is 0 Å². The van der Waals surface area contributed by atoms with Crippen LogP contribution in [0.25, 0.3) is 0 Å². The van der Waals surface area contributed by atoms with E-state index in [1.54, 1.807) is 5.56 Å². The van der Waals surface area contributed by atoms with Gasteiger partial charge in [0.05, 0.1) is 0 Å². The van der Waals surface area contributed by atoms with E-state index in [4.69, 9.17) is 0 Å². The van der Waals surface area contributed by atoms with Crippen LogP contribution >= 0.6 is 0 Å². The standard InChI is InChI=1S/C14H19N/c1-4-8-14(9-5-1)11-15-10-12-6-2-3-7-13(12)14/h2-3,6-7,15H,1,4-5,8-11H2. The van der Waals surface area contributed by atoms with Gasteiger partial charge in [0.15, 0.2) is 0 Å². The molecule has 1 N–H and O–H groups in total. The normalized spacial score (nSPS) is 23.7. The summed E-state index contributed by atoms with van der Waals surface area (Å²) in [6.07, 6.45) is 7.03. The van der Waals surface area contributed by atoms with Crippen molar-refractivity contribution in [2.75, 3.05) is 6.54 Å². The van der Waals surface area contributed by atoms with Crippen molar-refractivity contribution in [2.45, 2.75) is 44.1 Å². The lowest BCUT2D eigenvalue weighted by atomic mass is 9.67. The number of fused-ring (bicyclic) bond motifs is 2. The van der Waals surface area contributed by atoms with Gasteiger partial charge in [0.1, 0.15) is 0 Å². The van der Waals surface area contributed by atoms with Crippen molar-refractivity contribution in [1.82, 2.24) is 5.32 Å². The minimum absolute atomic E-state index is 0.479. The zero-order chi connectivity index (χ0) is 10.1.